The molecular formula is C12H17Cl2N3. The van der Waals surface area contributed by atoms with Crippen LogP contribution in [0.15, 0.2) is 18.3 Å². The second kappa shape index (κ2) is 5.71. The van der Waals surface area contributed by atoms with Gasteiger partial charge in [0.15, 0.2) is 0 Å². The topological polar surface area (TPSA) is 40.7 Å². The fraction of sp³-hybridized carbons (Fsp3) is 0.417. The number of H-pyrrole nitrogens is 1. The maximum absolute atomic E-state index is 4.40. The molecule has 3 nitrogen and oxygen atoms in total. The molecule has 0 aliphatic carbocycles. The average Bonchev–Trinajstić information content (AvgIpc) is 2.84. The van der Waals surface area contributed by atoms with Crippen molar-refractivity contribution < 1.29 is 0 Å². The Bertz CT molecular complexity index is 489. The third-order valence-electron chi connectivity index (χ3n) is 3.13. The first-order valence-electron chi connectivity index (χ1n) is 5.49. The molecule has 1 aliphatic heterocycles. The number of hydrogen-bond acceptors (Lipinski definition) is 2. The van der Waals surface area contributed by atoms with Crippen molar-refractivity contribution in [3.63, 3.8) is 0 Å². The molecule has 2 aromatic heterocycles. The van der Waals surface area contributed by atoms with Crippen molar-refractivity contribution in [1.82, 2.24) is 15.3 Å². The lowest BCUT2D eigenvalue weighted by molar-refractivity contribution is 0.743. The number of aromatic amines is 1. The van der Waals surface area contributed by atoms with Crippen LogP contribution in [0.25, 0.3) is 11.0 Å². The van der Waals surface area contributed by atoms with Crippen molar-refractivity contribution in [3.8, 4) is 0 Å². The van der Waals surface area contributed by atoms with E-state index in [1.165, 1.54) is 23.1 Å². The Morgan fingerprint density at radius 2 is 2.12 bits per heavy atom. The van der Waals surface area contributed by atoms with Crippen LogP contribution in [0.3, 0.4) is 0 Å². The third-order valence-corrected chi connectivity index (χ3v) is 3.13. The molecule has 1 fully saturated rings. The van der Waals surface area contributed by atoms with Crippen molar-refractivity contribution in [2.24, 2.45) is 0 Å². The standard InChI is InChI=1S/C12H15N3.2ClH/c1-8-4-10-5-11(9-2-3-13-7-9)15-12(10)14-6-8;;/h4-6,9,13H,2-3,7H2,1H3,(H,14,15);2*1H. The number of aromatic nitrogens is 2. The summed E-state index contributed by atoms with van der Waals surface area (Å²) in [4.78, 5) is 7.81. The molecule has 1 aliphatic rings. The largest absolute Gasteiger partial charge is 0.343 e. The lowest BCUT2D eigenvalue weighted by Crippen LogP contribution is -2.07. The molecule has 5 heteroatoms. The summed E-state index contributed by atoms with van der Waals surface area (Å²) in [5.74, 6) is 0.638. The first-order chi connectivity index (χ1) is 7.33. The molecule has 17 heavy (non-hydrogen) atoms. The van der Waals surface area contributed by atoms with Crippen LogP contribution in [-0.4, -0.2) is 23.1 Å². The fourth-order valence-electron chi connectivity index (χ4n) is 2.29. The van der Waals surface area contributed by atoms with Gasteiger partial charge in [-0.25, -0.2) is 4.98 Å². The second-order valence-corrected chi connectivity index (χ2v) is 4.36. The van der Waals surface area contributed by atoms with E-state index in [0.29, 0.717) is 5.92 Å². The zero-order valence-corrected chi connectivity index (χ0v) is 11.3. The third kappa shape index (κ3) is 2.73. The second-order valence-electron chi connectivity index (χ2n) is 4.36. The summed E-state index contributed by atoms with van der Waals surface area (Å²) in [7, 11) is 0. The quantitative estimate of drug-likeness (QED) is 0.839. The van der Waals surface area contributed by atoms with E-state index >= 15 is 0 Å². The molecule has 1 atom stereocenters. The van der Waals surface area contributed by atoms with E-state index in [1.54, 1.807) is 0 Å². The maximum atomic E-state index is 4.40. The molecule has 3 rings (SSSR count). The van der Waals surface area contributed by atoms with E-state index in [1.807, 2.05) is 6.20 Å². The minimum atomic E-state index is 0. The first-order valence-corrected chi connectivity index (χ1v) is 5.49. The van der Waals surface area contributed by atoms with Gasteiger partial charge in [0.05, 0.1) is 0 Å². The van der Waals surface area contributed by atoms with Crippen molar-refractivity contribution in [2.45, 2.75) is 19.3 Å². The van der Waals surface area contributed by atoms with Gasteiger partial charge in [-0.2, -0.15) is 0 Å². The highest BCUT2D eigenvalue weighted by Crippen LogP contribution is 2.24. The Morgan fingerprint density at radius 3 is 2.82 bits per heavy atom. The van der Waals surface area contributed by atoms with Crippen LogP contribution in [0, 0.1) is 6.92 Å². The van der Waals surface area contributed by atoms with E-state index in [-0.39, 0.29) is 24.8 Å². The summed E-state index contributed by atoms with van der Waals surface area (Å²) in [6.45, 7) is 4.30. The maximum Gasteiger partial charge on any atom is 0.137 e. The van der Waals surface area contributed by atoms with Crippen LogP contribution < -0.4 is 5.32 Å². The van der Waals surface area contributed by atoms with E-state index in [9.17, 15) is 0 Å². The number of fused-ring (bicyclic) bond motifs is 1. The van der Waals surface area contributed by atoms with Crippen molar-refractivity contribution >= 4 is 35.8 Å². The van der Waals surface area contributed by atoms with Gasteiger partial charge in [0.1, 0.15) is 5.65 Å². The Labute approximate surface area is 113 Å². The highest BCUT2D eigenvalue weighted by Gasteiger charge is 2.18. The normalized spacial score (nSPS) is 18.8. The van der Waals surface area contributed by atoms with Gasteiger partial charge in [-0.1, -0.05) is 0 Å². The molecule has 0 saturated carbocycles. The number of hydrogen-bond donors (Lipinski definition) is 2. The van der Waals surface area contributed by atoms with Gasteiger partial charge in [-0.05, 0) is 37.6 Å². The summed E-state index contributed by atoms with van der Waals surface area (Å²) in [6.07, 6.45) is 3.14. The number of pyridine rings is 1. The molecule has 1 unspecified atom stereocenters. The van der Waals surface area contributed by atoms with E-state index in [0.717, 1.165) is 18.7 Å². The van der Waals surface area contributed by atoms with E-state index < -0.39 is 0 Å². The highest BCUT2D eigenvalue weighted by atomic mass is 35.5. The Hall–Kier alpha value is -0.770. The summed E-state index contributed by atoms with van der Waals surface area (Å²) < 4.78 is 0. The Balaban J connectivity index is 0.000000722. The zero-order valence-electron chi connectivity index (χ0n) is 9.69. The van der Waals surface area contributed by atoms with Gasteiger partial charge in [0.2, 0.25) is 0 Å². The van der Waals surface area contributed by atoms with Crippen LogP contribution >= 0.6 is 24.8 Å². The predicted molar refractivity (Wildman–Crippen MR) is 75.6 cm³/mol. The lowest BCUT2D eigenvalue weighted by atomic mass is 10.1. The molecule has 0 spiro atoms. The van der Waals surface area contributed by atoms with Crippen LogP contribution in [-0.2, 0) is 0 Å². The SMILES string of the molecule is Cc1cnc2[nH]c(C3CCNC3)cc2c1.Cl.Cl. The van der Waals surface area contributed by atoms with Gasteiger partial charge >= 0.3 is 0 Å². The van der Waals surface area contributed by atoms with Crippen LogP contribution in [0.1, 0.15) is 23.6 Å². The fourth-order valence-corrected chi connectivity index (χ4v) is 2.29. The van der Waals surface area contributed by atoms with Crippen LogP contribution in [0.5, 0.6) is 0 Å². The van der Waals surface area contributed by atoms with Gasteiger partial charge in [-0.3, -0.25) is 0 Å². The molecule has 0 radical (unpaired) electrons. The van der Waals surface area contributed by atoms with Crippen molar-refractivity contribution in [1.29, 1.82) is 0 Å². The Kier molecular flexibility index (Phi) is 4.80. The van der Waals surface area contributed by atoms with Crippen molar-refractivity contribution in [2.75, 3.05) is 13.1 Å². The van der Waals surface area contributed by atoms with Gasteiger partial charge in [0, 0.05) is 29.7 Å². The molecule has 0 amide bonds. The summed E-state index contributed by atoms with van der Waals surface area (Å²) >= 11 is 0. The first kappa shape index (κ1) is 14.3. The zero-order chi connectivity index (χ0) is 10.3. The van der Waals surface area contributed by atoms with Gasteiger partial charge in [0.25, 0.3) is 0 Å². The summed E-state index contributed by atoms with van der Waals surface area (Å²) in [6, 6.07) is 4.43. The molecule has 0 bridgehead atoms. The minimum Gasteiger partial charge on any atom is -0.343 e. The molecule has 3 heterocycles. The summed E-state index contributed by atoms with van der Waals surface area (Å²) in [5.41, 5.74) is 3.56. The van der Waals surface area contributed by atoms with Gasteiger partial charge < -0.3 is 10.3 Å². The molecule has 94 valence electrons. The van der Waals surface area contributed by atoms with E-state index in [4.69, 9.17) is 0 Å². The van der Waals surface area contributed by atoms with E-state index in [2.05, 4.69) is 34.3 Å². The number of nitrogens with zero attached hydrogens (tertiary/aromatic N) is 1. The monoisotopic (exact) mass is 273 g/mol. The van der Waals surface area contributed by atoms with Gasteiger partial charge in [-0.15, -0.1) is 24.8 Å². The summed E-state index contributed by atoms with van der Waals surface area (Å²) in [5, 5.41) is 4.62. The number of rotatable bonds is 1. The number of nitrogens with one attached hydrogen (secondary N) is 2. The molecular weight excluding hydrogens is 257 g/mol. The van der Waals surface area contributed by atoms with Crippen LogP contribution in [0.4, 0.5) is 0 Å². The Morgan fingerprint density at radius 1 is 1.29 bits per heavy atom. The predicted octanol–water partition coefficient (Wildman–Crippen LogP) is 2.79. The average molecular weight is 274 g/mol. The number of halogens is 2. The highest BCUT2D eigenvalue weighted by molar-refractivity contribution is 5.85. The van der Waals surface area contributed by atoms with Crippen LogP contribution in [0.2, 0.25) is 0 Å². The smallest absolute Gasteiger partial charge is 0.137 e. The molecule has 0 aromatic carbocycles. The molecule has 2 N–H and O–H groups in total. The minimum absolute atomic E-state index is 0. The lowest BCUT2D eigenvalue weighted by Gasteiger charge is -2.03. The van der Waals surface area contributed by atoms with Crippen molar-refractivity contribution in [3.05, 3.63) is 29.6 Å². The molecule has 2 aromatic rings. The number of aryl methyl sites for hydroxylation is 1. The molecule has 1 saturated heterocycles.